The average molecular weight is 335 g/mol. The minimum absolute atomic E-state index is 0.0537. The van der Waals surface area contributed by atoms with Gasteiger partial charge < -0.3 is 10.1 Å². The van der Waals surface area contributed by atoms with Crippen molar-refractivity contribution in [3.63, 3.8) is 0 Å². The minimum Gasteiger partial charge on any atom is -0.379 e. The third-order valence-corrected chi connectivity index (χ3v) is 7.15. The number of morpholine rings is 1. The number of amides is 1. The largest absolute Gasteiger partial charge is 0.379 e. The Morgan fingerprint density at radius 1 is 1.08 bits per heavy atom. The smallest absolute Gasteiger partial charge is 0.226 e. The lowest BCUT2D eigenvalue weighted by Crippen LogP contribution is -2.60. The van der Waals surface area contributed by atoms with E-state index in [0.717, 1.165) is 71.0 Å². The summed E-state index contributed by atoms with van der Waals surface area (Å²) in [6.45, 7) is 10.6. The second kappa shape index (κ2) is 5.98. The van der Waals surface area contributed by atoms with Crippen molar-refractivity contribution in [2.45, 2.75) is 58.8 Å². The highest BCUT2D eigenvalue weighted by molar-refractivity contribution is 5.83. The molecule has 4 nitrogen and oxygen atoms in total. The molecule has 5 fully saturated rings. The second-order valence-corrected chi connectivity index (χ2v) is 9.97. The molecule has 5 rings (SSSR count). The molecule has 1 heterocycles. The van der Waals surface area contributed by atoms with Crippen LogP contribution in [0.1, 0.15) is 58.8 Å². The highest BCUT2D eigenvalue weighted by Gasteiger charge is 2.62. The number of rotatable bonds is 5. The van der Waals surface area contributed by atoms with Gasteiger partial charge in [-0.1, -0.05) is 13.8 Å². The summed E-state index contributed by atoms with van der Waals surface area (Å²) in [7, 11) is 0. The van der Waals surface area contributed by atoms with E-state index in [1.807, 2.05) is 0 Å². The molecule has 1 aliphatic heterocycles. The van der Waals surface area contributed by atoms with Crippen molar-refractivity contribution in [3.05, 3.63) is 0 Å². The van der Waals surface area contributed by atoms with Crippen LogP contribution in [-0.4, -0.2) is 50.2 Å². The van der Waals surface area contributed by atoms with Crippen LogP contribution < -0.4 is 5.32 Å². The Morgan fingerprint density at radius 2 is 1.75 bits per heavy atom. The Kier molecular flexibility index (Phi) is 4.20. The molecule has 1 saturated heterocycles. The molecule has 0 aromatic rings. The standard InChI is InChI=1S/C20H34N2O2/c1-18-10-16-11-19(2,13-18)15-20(12-16,14-18)17(23)21-4-3-5-22-6-8-24-9-7-22/h16H,3-15H2,1-2H3,(H,21,23)/t16?,18-,19-,20?/m1/s1. The molecule has 24 heavy (non-hydrogen) atoms. The molecule has 0 aromatic heterocycles. The van der Waals surface area contributed by atoms with E-state index in [4.69, 9.17) is 4.74 Å². The summed E-state index contributed by atoms with van der Waals surface area (Å²) in [6.07, 6.45) is 8.50. The normalized spacial score (nSPS) is 44.7. The molecule has 2 atom stereocenters. The first kappa shape index (κ1) is 16.8. The van der Waals surface area contributed by atoms with E-state index in [2.05, 4.69) is 24.1 Å². The Hall–Kier alpha value is -0.610. The molecule has 4 heteroatoms. The lowest BCUT2D eigenvalue weighted by Gasteiger charge is -2.64. The van der Waals surface area contributed by atoms with Crippen LogP contribution in [-0.2, 0) is 9.53 Å². The topological polar surface area (TPSA) is 41.6 Å². The van der Waals surface area contributed by atoms with Crippen LogP contribution in [0.3, 0.4) is 0 Å². The lowest BCUT2D eigenvalue weighted by atomic mass is 9.40. The van der Waals surface area contributed by atoms with E-state index in [1.165, 1.54) is 19.3 Å². The Bertz CT molecular complexity index is 482. The summed E-state index contributed by atoms with van der Waals surface area (Å²) >= 11 is 0. The van der Waals surface area contributed by atoms with Gasteiger partial charge in [-0.2, -0.15) is 0 Å². The van der Waals surface area contributed by atoms with E-state index in [0.29, 0.717) is 16.7 Å². The minimum atomic E-state index is -0.0537. The highest BCUT2D eigenvalue weighted by atomic mass is 16.5. The molecular weight excluding hydrogens is 300 g/mol. The molecule has 1 N–H and O–H groups in total. The van der Waals surface area contributed by atoms with Gasteiger partial charge in [0.15, 0.2) is 0 Å². The van der Waals surface area contributed by atoms with Gasteiger partial charge in [0.1, 0.15) is 0 Å². The molecule has 5 aliphatic rings. The van der Waals surface area contributed by atoms with Gasteiger partial charge in [-0.15, -0.1) is 0 Å². The maximum absolute atomic E-state index is 13.1. The number of carbonyl (C=O) groups excluding carboxylic acids is 1. The van der Waals surface area contributed by atoms with Crippen LogP contribution in [0, 0.1) is 22.2 Å². The van der Waals surface area contributed by atoms with Crippen molar-refractivity contribution in [1.29, 1.82) is 0 Å². The van der Waals surface area contributed by atoms with Crippen molar-refractivity contribution in [2.24, 2.45) is 22.2 Å². The Morgan fingerprint density at radius 3 is 2.38 bits per heavy atom. The van der Waals surface area contributed by atoms with E-state index in [-0.39, 0.29) is 5.41 Å². The number of carbonyl (C=O) groups is 1. The monoisotopic (exact) mass is 334 g/mol. The summed E-state index contributed by atoms with van der Waals surface area (Å²) in [5.41, 5.74) is 0.778. The zero-order valence-electron chi connectivity index (χ0n) is 15.5. The van der Waals surface area contributed by atoms with Crippen LogP contribution >= 0.6 is 0 Å². The van der Waals surface area contributed by atoms with Crippen LogP contribution in [0.25, 0.3) is 0 Å². The van der Waals surface area contributed by atoms with Gasteiger partial charge in [0.25, 0.3) is 0 Å². The molecule has 0 unspecified atom stereocenters. The van der Waals surface area contributed by atoms with Crippen molar-refractivity contribution in [2.75, 3.05) is 39.4 Å². The van der Waals surface area contributed by atoms with Crippen molar-refractivity contribution >= 4 is 5.91 Å². The van der Waals surface area contributed by atoms with Gasteiger partial charge in [0, 0.05) is 19.6 Å². The number of hydrogen-bond acceptors (Lipinski definition) is 3. The van der Waals surface area contributed by atoms with E-state index in [9.17, 15) is 4.79 Å². The number of ether oxygens (including phenoxy) is 1. The second-order valence-electron chi connectivity index (χ2n) is 9.97. The summed E-state index contributed by atoms with van der Waals surface area (Å²) in [4.78, 5) is 15.5. The third kappa shape index (κ3) is 3.12. The van der Waals surface area contributed by atoms with E-state index >= 15 is 0 Å². The zero-order valence-corrected chi connectivity index (χ0v) is 15.5. The van der Waals surface area contributed by atoms with E-state index in [1.54, 1.807) is 0 Å². The fourth-order valence-electron chi connectivity index (χ4n) is 7.22. The first-order chi connectivity index (χ1) is 11.4. The Labute approximate surface area is 146 Å². The number of hydrogen-bond donors (Lipinski definition) is 1. The molecule has 4 bridgehead atoms. The van der Waals surface area contributed by atoms with Crippen LogP contribution in [0.5, 0.6) is 0 Å². The van der Waals surface area contributed by atoms with Crippen molar-refractivity contribution < 1.29 is 9.53 Å². The first-order valence-corrected chi connectivity index (χ1v) is 9.99. The Balaban J connectivity index is 1.31. The van der Waals surface area contributed by atoms with Gasteiger partial charge in [-0.25, -0.2) is 0 Å². The van der Waals surface area contributed by atoms with Gasteiger partial charge in [-0.3, -0.25) is 9.69 Å². The fourth-order valence-corrected chi connectivity index (χ4v) is 7.22. The van der Waals surface area contributed by atoms with E-state index < -0.39 is 0 Å². The van der Waals surface area contributed by atoms with Crippen LogP contribution in [0.15, 0.2) is 0 Å². The van der Waals surface area contributed by atoms with Crippen LogP contribution in [0.4, 0.5) is 0 Å². The van der Waals surface area contributed by atoms with Gasteiger partial charge in [0.2, 0.25) is 5.91 Å². The quantitative estimate of drug-likeness (QED) is 0.786. The summed E-state index contributed by atoms with van der Waals surface area (Å²) in [6, 6.07) is 0. The fraction of sp³-hybridized carbons (Fsp3) is 0.950. The molecule has 0 spiro atoms. The molecule has 0 aromatic carbocycles. The summed E-state index contributed by atoms with van der Waals surface area (Å²) < 4.78 is 5.39. The number of nitrogens with zero attached hydrogens (tertiary/aromatic N) is 1. The average Bonchev–Trinajstić information content (AvgIpc) is 2.49. The van der Waals surface area contributed by atoms with Gasteiger partial charge >= 0.3 is 0 Å². The maximum Gasteiger partial charge on any atom is 0.226 e. The summed E-state index contributed by atoms with van der Waals surface area (Å²) in [5, 5.41) is 3.32. The SMILES string of the molecule is C[C@]12CC3CC(C(=O)NCCCN4CCOCC4)(C1)C[C@](C)(C3)C2. The predicted octanol–water partition coefficient (Wildman–Crippen LogP) is 2.82. The molecule has 4 aliphatic carbocycles. The van der Waals surface area contributed by atoms with Crippen molar-refractivity contribution in [1.82, 2.24) is 10.2 Å². The zero-order chi connectivity index (χ0) is 16.8. The lowest BCUT2D eigenvalue weighted by molar-refractivity contribution is -0.170. The number of nitrogens with one attached hydrogen (secondary N) is 1. The van der Waals surface area contributed by atoms with Gasteiger partial charge in [-0.05, 0) is 68.2 Å². The third-order valence-electron chi connectivity index (χ3n) is 7.15. The molecule has 1 amide bonds. The van der Waals surface area contributed by atoms with Crippen LogP contribution in [0.2, 0.25) is 0 Å². The highest BCUT2D eigenvalue weighted by Crippen LogP contribution is 2.69. The predicted molar refractivity (Wildman–Crippen MR) is 94.7 cm³/mol. The molecule has 0 radical (unpaired) electrons. The first-order valence-electron chi connectivity index (χ1n) is 9.99. The molecule has 136 valence electrons. The molecule has 4 saturated carbocycles. The van der Waals surface area contributed by atoms with Crippen molar-refractivity contribution in [3.8, 4) is 0 Å². The maximum atomic E-state index is 13.1. The molecular formula is C20H34N2O2. The summed E-state index contributed by atoms with van der Waals surface area (Å²) in [5.74, 6) is 1.15. The van der Waals surface area contributed by atoms with Gasteiger partial charge in [0.05, 0.1) is 18.6 Å².